The molecule has 1 saturated heterocycles. The number of hydrogen-bond acceptors (Lipinski definition) is 3. The van der Waals surface area contributed by atoms with E-state index < -0.39 is 0 Å². The second-order valence-electron chi connectivity index (χ2n) is 8.23. The van der Waals surface area contributed by atoms with Crippen LogP contribution in [-0.2, 0) is 13.1 Å². The summed E-state index contributed by atoms with van der Waals surface area (Å²) in [4.78, 5) is 15.3. The fourth-order valence-electron chi connectivity index (χ4n) is 4.48. The summed E-state index contributed by atoms with van der Waals surface area (Å²) < 4.78 is 0. The van der Waals surface area contributed by atoms with Gasteiger partial charge in [0.1, 0.15) is 0 Å². The molecule has 1 fully saturated rings. The quantitative estimate of drug-likeness (QED) is 0.708. The molecule has 0 radical (unpaired) electrons. The van der Waals surface area contributed by atoms with Crippen molar-refractivity contribution in [2.24, 2.45) is 11.8 Å². The molecular formula is C23H28N4O. The molecule has 1 aliphatic heterocycles. The Balaban J connectivity index is 1.45. The van der Waals surface area contributed by atoms with E-state index >= 15 is 0 Å². The Hall–Kier alpha value is -2.66. The van der Waals surface area contributed by atoms with Crippen molar-refractivity contribution in [1.82, 2.24) is 20.4 Å². The van der Waals surface area contributed by atoms with Gasteiger partial charge in [-0.1, -0.05) is 50.2 Å². The molecule has 0 bridgehead atoms. The van der Waals surface area contributed by atoms with Crippen LogP contribution in [0.3, 0.4) is 0 Å². The molecular weight excluding hydrogens is 348 g/mol. The van der Waals surface area contributed by atoms with Crippen LogP contribution in [0.25, 0.3) is 10.9 Å². The minimum Gasteiger partial charge on any atom is -0.348 e. The van der Waals surface area contributed by atoms with Crippen molar-refractivity contribution < 1.29 is 4.79 Å². The van der Waals surface area contributed by atoms with Gasteiger partial charge in [0.05, 0.1) is 17.3 Å². The van der Waals surface area contributed by atoms with Gasteiger partial charge < -0.3 is 5.32 Å². The van der Waals surface area contributed by atoms with E-state index in [1.165, 1.54) is 17.5 Å². The first-order valence-corrected chi connectivity index (χ1v) is 10.1. The number of H-pyrrole nitrogens is 1. The fourth-order valence-corrected chi connectivity index (χ4v) is 4.48. The highest BCUT2D eigenvalue weighted by molar-refractivity contribution is 6.05. The van der Waals surface area contributed by atoms with Crippen molar-refractivity contribution in [2.45, 2.75) is 33.4 Å². The molecule has 1 aliphatic rings. The van der Waals surface area contributed by atoms with Gasteiger partial charge in [0.15, 0.2) is 0 Å². The fraction of sp³-hybridized carbons (Fsp3) is 0.391. The number of amides is 1. The molecule has 1 amide bonds. The van der Waals surface area contributed by atoms with Crippen LogP contribution in [0.5, 0.6) is 0 Å². The Morgan fingerprint density at radius 2 is 1.86 bits per heavy atom. The molecule has 1 aromatic heterocycles. The van der Waals surface area contributed by atoms with Crippen molar-refractivity contribution in [1.29, 1.82) is 0 Å². The zero-order valence-corrected chi connectivity index (χ0v) is 16.6. The molecule has 2 atom stereocenters. The summed E-state index contributed by atoms with van der Waals surface area (Å²) in [7, 11) is 0. The Bertz CT molecular complexity index is 954. The normalized spacial score (nSPS) is 20.4. The molecule has 0 aliphatic carbocycles. The molecule has 5 nitrogen and oxygen atoms in total. The van der Waals surface area contributed by atoms with Crippen molar-refractivity contribution in [3.05, 3.63) is 65.4 Å². The third kappa shape index (κ3) is 4.09. The highest BCUT2D eigenvalue weighted by Gasteiger charge is 2.22. The van der Waals surface area contributed by atoms with Gasteiger partial charge in [-0.2, -0.15) is 5.10 Å². The van der Waals surface area contributed by atoms with Crippen LogP contribution in [0.2, 0.25) is 0 Å². The van der Waals surface area contributed by atoms with Gasteiger partial charge >= 0.3 is 0 Å². The highest BCUT2D eigenvalue weighted by atomic mass is 16.1. The number of carbonyl (C=O) groups is 1. The first-order chi connectivity index (χ1) is 13.6. The molecule has 3 aromatic rings. The number of hydrogen-bond donors (Lipinski definition) is 2. The van der Waals surface area contributed by atoms with Crippen molar-refractivity contribution in [3.63, 3.8) is 0 Å². The van der Waals surface area contributed by atoms with Crippen LogP contribution in [0.15, 0.2) is 48.7 Å². The smallest absolute Gasteiger partial charge is 0.253 e. The van der Waals surface area contributed by atoms with Gasteiger partial charge in [-0.3, -0.25) is 14.8 Å². The highest BCUT2D eigenvalue weighted by Crippen LogP contribution is 2.23. The summed E-state index contributed by atoms with van der Waals surface area (Å²) in [5, 5.41) is 11.0. The van der Waals surface area contributed by atoms with Gasteiger partial charge in [-0.25, -0.2) is 0 Å². The van der Waals surface area contributed by atoms with E-state index in [-0.39, 0.29) is 5.91 Å². The topological polar surface area (TPSA) is 61.0 Å². The Morgan fingerprint density at radius 3 is 2.64 bits per heavy atom. The number of nitrogens with zero attached hydrogens (tertiary/aromatic N) is 2. The Labute approximate surface area is 166 Å². The van der Waals surface area contributed by atoms with Crippen LogP contribution in [0, 0.1) is 11.8 Å². The third-order valence-corrected chi connectivity index (χ3v) is 5.62. The third-order valence-electron chi connectivity index (χ3n) is 5.62. The summed E-state index contributed by atoms with van der Waals surface area (Å²) in [5.74, 6) is 1.40. The lowest BCUT2D eigenvalue weighted by molar-refractivity contribution is 0.0952. The van der Waals surface area contributed by atoms with Crippen LogP contribution >= 0.6 is 0 Å². The van der Waals surface area contributed by atoms with Crippen molar-refractivity contribution >= 4 is 16.8 Å². The van der Waals surface area contributed by atoms with E-state index in [9.17, 15) is 4.79 Å². The second-order valence-corrected chi connectivity index (χ2v) is 8.23. The first kappa shape index (κ1) is 18.7. The van der Waals surface area contributed by atoms with Gasteiger partial charge in [-0.05, 0) is 35.4 Å². The lowest BCUT2D eigenvalue weighted by atomic mass is 9.91. The van der Waals surface area contributed by atoms with E-state index in [4.69, 9.17) is 0 Å². The predicted molar refractivity (Wildman–Crippen MR) is 112 cm³/mol. The first-order valence-electron chi connectivity index (χ1n) is 10.1. The number of fused-ring (bicyclic) bond motifs is 1. The minimum atomic E-state index is -0.0788. The Kier molecular flexibility index (Phi) is 5.44. The number of piperidine rings is 1. The van der Waals surface area contributed by atoms with E-state index in [0.29, 0.717) is 12.1 Å². The number of likely N-dealkylation sites (tertiary alicyclic amines) is 1. The lowest BCUT2D eigenvalue weighted by Gasteiger charge is -2.35. The largest absolute Gasteiger partial charge is 0.348 e. The van der Waals surface area contributed by atoms with Crippen LogP contribution < -0.4 is 5.32 Å². The number of aromatic amines is 1. The SMILES string of the molecule is CC1CC(C)CN(Cc2ccccc2CNC(=O)c2cccc3cn[nH]c23)C1. The molecule has 2 heterocycles. The van der Waals surface area contributed by atoms with E-state index in [2.05, 4.69) is 52.5 Å². The Morgan fingerprint density at radius 1 is 1.11 bits per heavy atom. The van der Waals surface area contributed by atoms with Gasteiger partial charge in [0.2, 0.25) is 0 Å². The number of aromatic nitrogens is 2. The molecule has 2 unspecified atom stereocenters. The average molecular weight is 377 g/mol. The summed E-state index contributed by atoms with van der Waals surface area (Å²) in [6.45, 7) is 8.44. The molecule has 146 valence electrons. The molecule has 5 heteroatoms. The summed E-state index contributed by atoms with van der Waals surface area (Å²) in [6.07, 6.45) is 3.05. The number of carbonyl (C=O) groups excluding carboxylic acids is 1. The van der Waals surface area contributed by atoms with Gasteiger partial charge in [0, 0.05) is 31.6 Å². The number of rotatable bonds is 5. The van der Waals surface area contributed by atoms with E-state index in [1.807, 2.05) is 24.3 Å². The molecule has 2 N–H and O–H groups in total. The maximum absolute atomic E-state index is 12.7. The molecule has 4 rings (SSSR count). The lowest BCUT2D eigenvalue weighted by Crippen LogP contribution is -2.38. The van der Waals surface area contributed by atoms with Crippen molar-refractivity contribution in [2.75, 3.05) is 13.1 Å². The van der Waals surface area contributed by atoms with Crippen molar-refractivity contribution in [3.8, 4) is 0 Å². The zero-order chi connectivity index (χ0) is 19.5. The molecule has 28 heavy (non-hydrogen) atoms. The number of nitrogens with one attached hydrogen (secondary N) is 2. The van der Waals surface area contributed by atoms with Gasteiger partial charge in [0.25, 0.3) is 5.91 Å². The second kappa shape index (κ2) is 8.15. The van der Waals surface area contributed by atoms with E-state index in [1.54, 1.807) is 6.20 Å². The average Bonchev–Trinajstić information content (AvgIpc) is 3.15. The maximum Gasteiger partial charge on any atom is 0.253 e. The predicted octanol–water partition coefficient (Wildman–Crippen LogP) is 3.97. The van der Waals surface area contributed by atoms with Crippen LogP contribution in [0.4, 0.5) is 0 Å². The minimum absolute atomic E-state index is 0.0788. The summed E-state index contributed by atoms with van der Waals surface area (Å²) in [5.41, 5.74) is 3.89. The van der Waals surface area contributed by atoms with E-state index in [0.717, 1.165) is 42.4 Å². The number of benzene rings is 2. The molecule has 2 aromatic carbocycles. The zero-order valence-electron chi connectivity index (χ0n) is 16.6. The monoisotopic (exact) mass is 376 g/mol. The standard InChI is InChI=1S/C23H28N4O/c1-16-10-17(2)14-27(13-16)15-20-7-4-3-6-18(20)11-24-23(28)21-9-5-8-19-12-25-26-22(19)21/h3-9,12,16-17H,10-11,13-15H2,1-2H3,(H,24,28)(H,25,26). The molecule has 0 spiro atoms. The summed E-state index contributed by atoms with van der Waals surface area (Å²) >= 11 is 0. The van der Waals surface area contributed by atoms with Gasteiger partial charge in [-0.15, -0.1) is 0 Å². The molecule has 0 saturated carbocycles. The number of para-hydroxylation sites is 1. The van der Waals surface area contributed by atoms with Crippen LogP contribution in [0.1, 0.15) is 41.8 Å². The van der Waals surface area contributed by atoms with Crippen LogP contribution in [-0.4, -0.2) is 34.1 Å². The summed E-state index contributed by atoms with van der Waals surface area (Å²) in [6, 6.07) is 14.1. The maximum atomic E-state index is 12.7.